The third-order valence-corrected chi connectivity index (χ3v) is 3.21. The van der Waals surface area contributed by atoms with Crippen molar-refractivity contribution in [1.29, 1.82) is 0 Å². The van der Waals surface area contributed by atoms with Gasteiger partial charge in [0.2, 0.25) is 0 Å². The van der Waals surface area contributed by atoms with Crippen LogP contribution in [-0.4, -0.2) is 21.9 Å². The molecule has 1 aromatic carbocycles. The van der Waals surface area contributed by atoms with Gasteiger partial charge in [0, 0.05) is 11.7 Å². The Bertz CT molecular complexity index is 620. The van der Waals surface area contributed by atoms with E-state index in [1.165, 1.54) is 19.0 Å². The zero-order chi connectivity index (χ0) is 13.9. The summed E-state index contributed by atoms with van der Waals surface area (Å²) < 4.78 is 0. The molecule has 2 N–H and O–H groups in total. The molecule has 3 rings (SSSR count). The monoisotopic (exact) mass is 268 g/mol. The molecule has 20 heavy (non-hydrogen) atoms. The summed E-state index contributed by atoms with van der Waals surface area (Å²) in [4.78, 5) is 20.4. The van der Waals surface area contributed by atoms with Gasteiger partial charge in [-0.2, -0.15) is 0 Å². The summed E-state index contributed by atoms with van der Waals surface area (Å²) >= 11 is 0. The van der Waals surface area contributed by atoms with Crippen molar-refractivity contribution >= 4 is 17.4 Å². The molecule has 0 unspecified atom stereocenters. The van der Waals surface area contributed by atoms with Crippen LogP contribution >= 0.6 is 0 Å². The predicted molar refractivity (Wildman–Crippen MR) is 77.8 cm³/mol. The second kappa shape index (κ2) is 5.28. The zero-order valence-electron chi connectivity index (χ0n) is 11.3. The Labute approximate surface area is 117 Å². The van der Waals surface area contributed by atoms with E-state index in [0.29, 0.717) is 11.7 Å². The lowest BCUT2D eigenvalue weighted by atomic mass is 10.2. The van der Waals surface area contributed by atoms with Crippen molar-refractivity contribution in [1.82, 2.24) is 9.97 Å². The van der Waals surface area contributed by atoms with Crippen LogP contribution in [0.5, 0.6) is 0 Å². The number of nitrogens with one attached hydrogen (secondary N) is 2. The fraction of sp³-hybridized carbons (Fsp3) is 0.267. The van der Waals surface area contributed by atoms with Crippen molar-refractivity contribution in [3.8, 4) is 0 Å². The van der Waals surface area contributed by atoms with E-state index in [1.54, 1.807) is 6.20 Å². The minimum atomic E-state index is -0.246. The number of carbonyl (C=O) groups is 1. The van der Waals surface area contributed by atoms with Crippen LogP contribution in [0.1, 0.15) is 28.9 Å². The van der Waals surface area contributed by atoms with Crippen LogP contribution in [0.15, 0.2) is 36.7 Å². The Morgan fingerprint density at radius 2 is 2.00 bits per heavy atom. The summed E-state index contributed by atoms with van der Waals surface area (Å²) in [7, 11) is 0. The van der Waals surface area contributed by atoms with Crippen molar-refractivity contribution in [2.45, 2.75) is 25.8 Å². The molecule has 102 valence electrons. The van der Waals surface area contributed by atoms with Gasteiger partial charge >= 0.3 is 0 Å². The van der Waals surface area contributed by atoms with E-state index in [4.69, 9.17) is 0 Å². The quantitative estimate of drug-likeness (QED) is 0.894. The predicted octanol–water partition coefficient (Wildman–Crippen LogP) is 2.61. The summed E-state index contributed by atoms with van der Waals surface area (Å²) in [5.41, 5.74) is 2.12. The number of amides is 1. The highest BCUT2D eigenvalue weighted by Gasteiger charge is 2.21. The average molecular weight is 268 g/mol. The lowest BCUT2D eigenvalue weighted by Crippen LogP contribution is -2.15. The Hall–Kier alpha value is -2.43. The van der Waals surface area contributed by atoms with Crippen LogP contribution in [-0.2, 0) is 0 Å². The Balaban J connectivity index is 1.68. The van der Waals surface area contributed by atoms with Crippen LogP contribution in [0.4, 0.5) is 11.5 Å². The van der Waals surface area contributed by atoms with Gasteiger partial charge in [0.25, 0.3) is 5.91 Å². The normalized spacial score (nSPS) is 13.8. The highest BCUT2D eigenvalue weighted by atomic mass is 16.1. The third-order valence-electron chi connectivity index (χ3n) is 3.21. The van der Waals surface area contributed by atoms with E-state index in [2.05, 4.69) is 20.6 Å². The van der Waals surface area contributed by atoms with Crippen LogP contribution < -0.4 is 10.6 Å². The maximum Gasteiger partial charge on any atom is 0.275 e. The molecule has 5 heteroatoms. The van der Waals surface area contributed by atoms with Gasteiger partial charge in [-0.3, -0.25) is 4.79 Å². The summed E-state index contributed by atoms with van der Waals surface area (Å²) in [5, 5.41) is 6.07. The van der Waals surface area contributed by atoms with Gasteiger partial charge in [-0.05, 0) is 31.4 Å². The highest BCUT2D eigenvalue weighted by molar-refractivity contribution is 6.03. The molecule has 1 amide bonds. The van der Waals surface area contributed by atoms with Crippen molar-refractivity contribution in [2.75, 3.05) is 10.6 Å². The molecule has 0 radical (unpaired) electrons. The number of aromatic nitrogens is 2. The van der Waals surface area contributed by atoms with Gasteiger partial charge in [-0.25, -0.2) is 9.97 Å². The second-order valence-corrected chi connectivity index (χ2v) is 4.97. The molecule has 1 aliphatic rings. The largest absolute Gasteiger partial charge is 0.366 e. The van der Waals surface area contributed by atoms with E-state index < -0.39 is 0 Å². The number of carbonyl (C=O) groups excluding carboxylic acids is 1. The first-order valence-corrected chi connectivity index (χ1v) is 6.68. The summed E-state index contributed by atoms with van der Waals surface area (Å²) in [6.07, 6.45) is 5.46. The van der Waals surface area contributed by atoms with Crippen LogP contribution in [0, 0.1) is 6.92 Å². The smallest absolute Gasteiger partial charge is 0.275 e. The lowest BCUT2D eigenvalue weighted by molar-refractivity contribution is 0.102. The molecular weight excluding hydrogens is 252 g/mol. The molecule has 1 heterocycles. The first-order valence-electron chi connectivity index (χ1n) is 6.68. The van der Waals surface area contributed by atoms with Gasteiger partial charge in [0.05, 0.1) is 12.4 Å². The van der Waals surface area contributed by atoms with Crippen LogP contribution in [0.2, 0.25) is 0 Å². The molecule has 0 saturated heterocycles. The summed E-state index contributed by atoms with van der Waals surface area (Å²) in [5.74, 6) is 0.477. The van der Waals surface area contributed by atoms with E-state index in [9.17, 15) is 4.79 Å². The van der Waals surface area contributed by atoms with Gasteiger partial charge < -0.3 is 10.6 Å². The molecule has 1 aromatic heterocycles. The topological polar surface area (TPSA) is 66.9 Å². The van der Waals surface area contributed by atoms with E-state index >= 15 is 0 Å². The van der Waals surface area contributed by atoms with E-state index in [1.807, 2.05) is 31.2 Å². The molecule has 1 saturated carbocycles. The summed E-state index contributed by atoms with van der Waals surface area (Å²) in [6.45, 7) is 1.95. The summed E-state index contributed by atoms with van der Waals surface area (Å²) in [6, 6.07) is 8.16. The molecule has 0 spiro atoms. The van der Waals surface area contributed by atoms with Crippen molar-refractivity contribution in [3.63, 3.8) is 0 Å². The first-order chi connectivity index (χ1) is 9.72. The number of nitrogens with zero attached hydrogens (tertiary/aromatic N) is 2. The van der Waals surface area contributed by atoms with Gasteiger partial charge in [-0.15, -0.1) is 0 Å². The fourth-order valence-electron chi connectivity index (χ4n) is 1.86. The zero-order valence-corrected chi connectivity index (χ0v) is 11.3. The van der Waals surface area contributed by atoms with Gasteiger partial charge in [0.1, 0.15) is 11.5 Å². The average Bonchev–Trinajstić information content (AvgIpc) is 3.26. The Morgan fingerprint density at radius 3 is 2.65 bits per heavy atom. The molecule has 0 aliphatic heterocycles. The molecule has 1 aliphatic carbocycles. The Morgan fingerprint density at radius 1 is 1.20 bits per heavy atom. The number of aryl methyl sites for hydroxylation is 1. The molecular formula is C15H16N4O. The molecule has 2 aromatic rings. The van der Waals surface area contributed by atoms with E-state index in [-0.39, 0.29) is 5.91 Å². The van der Waals surface area contributed by atoms with Crippen molar-refractivity contribution in [3.05, 3.63) is 47.9 Å². The maximum atomic E-state index is 12.1. The SMILES string of the molecule is Cc1ccccc1NC(=O)c1cnc(NC2CC2)cn1. The second-order valence-electron chi connectivity index (χ2n) is 4.97. The molecule has 1 fully saturated rings. The van der Waals surface area contributed by atoms with Crippen LogP contribution in [0.3, 0.4) is 0 Å². The minimum absolute atomic E-state index is 0.246. The molecule has 5 nitrogen and oxygen atoms in total. The van der Waals surface area contributed by atoms with Crippen molar-refractivity contribution < 1.29 is 4.79 Å². The maximum absolute atomic E-state index is 12.1. The van der Waals surface area contributed by atoms with Crippen LogP contribution in [0.25, 0.3) is 0 Å². The fourth-order valence-corrected chi connectivity index (χ4v) is 1.86. The number of anilines is 2. The number of hydrogen-bond donors (Lipinski definition) is 2. The molecule has 0 atom stereocenters. The van der Waals surface area contributed by atoms with Gasteiger partial charge in [0.15, 0.2) is 0 Å². The van der Waals surface area contributed by atoms with Crippen molar-refractivity contribution in [2.24, 2.45) is 0 Å². The van der Waals surface area contributed by atoms with E-state index in [0.717, 1.165) is 17.1 Å². The number of rotatable bonds is 4. The first kappa shape index (κ1) is 12.6. The number of benzene rings is 1. The molecule has 0 bridgehead atoms. The minimum Gasteiger partial charge on any atom is -0.366 e. The highest BCUT2D eigenvalue weighted by Crippen LogP contribution is 2.23. The van der Waals surface area contributed by atoms with Gasteiger partial charge in [-0.1, -0.05) is 18.2 Å². The number of para-hydroxylation sites is 1. The third kappa shape index (κ3) is 2.93. The standard InChI is InChI=1S/C15H16N4O/c1-10-4-2-3-5-12(10)19-15(20)13-8-17-14(9-16-13)18-11-6-7-11/h2-5,8-9,11H,6-7H2,1H3,(H,17,18)(H,19,20). The number of hydrogen-bond acceptors (Lipinski definition) is 4. The lowest BCUT2D eigenvalue weighted by Gasteiger charge is -2.08. The Kier molecular flexibility index (Phi) is 3.33.